The van der Waals surface area contributed by atoms with Gasteiger partial charge in [-0.05, 0) is 44.0 Å². The molecule has 24 heavy (non-hydrogen) atoms. The Labute approximate surface area is 152 Å². The fourth-order valence-corrected chi connectivity index (χ4v) is 3.21. The lowest BCUT2D eigenvalue weighted by Gasteiger charge is -2.24. The van der Waals surface area contributed by atoms with E-state index in [1.165, 1.54) is 11.1 Å². The number of carbonyl (C=O) groups is 1. The van der Waals surface area contributed by atoms with Crippen LogP contribution in [0.3, 0.4) is 0 Å². The largest absolute Gasteiger partial charge is 0.476 e. The van der Waals surface area contributed by atoms with Crippen LogP contribution in [-0.4, -0.2) is 23.5 Å². The summed E-state index contributed by atoms with van der Waals surface area (Å²) in [4.78, 5) is 11.9. The van der Waals surface area contributed by atoms with Crippen molar-refractivity contribution in [3.63, 3.8) is 0 Å². The van der Waals surface area contributed by atoms with E-state index in [1.54, 1.807) is 20.8 Å². The molecule has 0 aliphatic rings. The molecule has 0 spiro atoms. The van der Waals surface area contributed by atoms with Crippen LogP contribution in [0.1, 0.15) is 37.8 Å². The van der Waals surface area contributed by atoms with E-state index in [0.717, 1.165) is 5.33 Å². The Hall–Kier alpha value is -1.81. The van der Waals surface area contributed by atoms with Gasteiger partial charge in [0.05, 0.1) is 6.61 Å². The van der Waals surface area contributed by atoms with Crippen LogP contribution >= 0.6 is 15.9 Å². The summed E-state index contributed by atoms with van der Waals surface area (Å²) in [7, 11) is 0. The standard InChI is InChI=1S/C20H23BrO3/c1-4-23-19(22)20(2,3)24-17-12-10-16(11-13-17)18(14-21)15-8-6-5-7-9-15/h5-13,18H,4,14H2,1-3H3. The van der Waals surface area contributed by atoms with Crippen LogP contribution in [-0.2, 0) is 9.53 Å². The normalized spacial score (nSPS) is 12.5. The van der Waals surface area contributed by atoms with Gasteiger partial charge in [0.2, 0.25) is 0 Å². The van der Waals surface area contributed by atoms with Crippen LogP contribution in [0, 0.1) is 0 Å². The first-order chi connectivity index (χ1) is 11.5. The second-order valence-electron chi connectivity index (χ2n) is 6.02. The second-order valence-corrected chi connectivity index (χ2v) is 6.67. The quantitative estimate of drug-likeness (QED) is 0.496. The Morgan fingerprint density at radius 3 is 2.17 bits per heavy atom. The van der Waals surface area contributed by atoms with Crippen molar-refractivity contribution in [3.05, 3.63) is 65.7 Å². The molecule has 3 nitrogen and oxygen atoms in total. The molecular weight excluding hydrogens is 368 g/mol. The molecule has 0 aliphatic carbocycles. The van der Waals surface area contributed by atoms with Crippen molar-refractivity contribution in [1.29, 1.82) is 0 Å². The third-order valence-electron chi connectivity index (χ3n) is 3.78. The van der Waals surface area contributed by atoms with Gasteiger partial charge in [0.1, 0.15) is 5.75 Å². The van der Waals surface area contributed by atoms with Gasteiger partial charge >= 0.3 is 5.97 Å². The van der Waals surface area contributed by atoms with E-state index in [1.807, 2.05) is 42.5 Å². The number of carbonyl (C=O) groups excluding carboxylic acids is 1. The summed E-state index contributed by atoms with van der Waals surface area (Å²) in [6.07, 6.45) is 0. The summed E-state index contributed by atoms with van der Waals surface area (Å²) in [5.74, 6) is 0.563. The van der Waals surface area contributed by atoms with Crippen LogP contribution in [0.15, 0.2) is 54.6 Å². The zero-order valence-corrected chi connectivity index (χ0v) is 15.9. The van der Waals surface area contributed by atoms with Crippen molar-refractivity contribution < 1.29 is 14.3 Å². The molecule has 1 atom stereocenters. The Morgan fingerprint density at radius 2 is 1.62 bits per heavy atom. The zero-order valence-electron chi connectivity index (χ0n) is 14.3. The van der Waals surface area contributed by atoms with Crippen LogP contribution in [0.2, 0.25) is 0 Å². The number of alkyl halides is 1. The highest BCUT2D eigenvalue weighted by molar-refractivity contribution is 9.09. The lowest BCUT2D eigenvalue weighted by molar-refractivity contribution is -0.158. The van der Waals surface area contributed by atoms with Crippen LogP contribution in [0.5, 0.6) is 5.75 Å². The maximum atomic E-state index is 11.9. The fourth-order valence-electron chi connectivity index (χ4n) is 2.47. The minimum Gasteiger partial charge on any atom is -0.476 e. The predicted molar refractivity (Wildman–Crippen MR) is 99.9 cm³/mol. The van der Waals surface area contributed by atoms with E-state index >= 15 is 0 Å². The average molecular weight is 391 g/mol. The van der Waals surface area contributed by atoms with Gasteiger partial charge < -0.3 is 9.47 Å². The lowest BCUT2D eigenvalue weighted by Crippen LogP contribution is -2.39. The molecule has 0 bridgehead atoms. The first kappa shape index (κ1) is 18.5. The molecule has 0 radical (unpaired) electrons. The van der Waals surface area contributed by atoms with Crippen LogP contribution in [0.4, 0.5) is 0 Å². The van der Waals surface area contributed by atoms with Crippen molar-refractivity contribution in [1.82, 2.24) is 0 Å². The van der Waals surface area contributed by atoms with Gasteiger partial charge in [-0.2, -0.15) is 0 Å². The SMILES string of the molecule is CCOC(=O)C(C)(C)Oc1ccc(C(CBr)c2ccccc2)cc1. The van der Waals surface area contributed by atoms with Gasteiger partial charge in [-0.25, -0.2) is 4.79 Å². The maximum Gasteiger partial charge on any atom is 0.349 e. The molecular formula is C20H23BrO3. The van der Waals surface area contributed by atoms with Crippen molar-refractivity contribution in [2.24, 2.45) is 0 Å². The second kappa shape index (κ2) is 8.34. The van der Waals surface area contributed by atoms with Crippen molar-refractivity contribution in [3.8, 4) is 5.75 Å². The molecule has 0 aromatic heterocycles. The van der Waals surface area contributed by atoms with E-state index in [4.69, 9.17) is 9.47 Å². The molecule has 0 fully saturated rings. The molecule has 2 rings (SSSR count). The number of hydrogen-bond donors (Lipinski definition) is 0. The summed E-state index contributed by atoms with van der Waals surface area (Å²) in [5.41, 5.74) is 1.44. The lowest BCUT2D eigenvalue weighted by atomic mass is 9.93. The zero-order chi connectivity index (χ0) is 17.6. The van der Waals surface area contributed by atoms with E-state index in [0.29, 0.717) is 12.4 Å². The summed E-state index contributed by atoms with van der Waals surface area (Å²) >= 11 is 3.60. The molecule has 2 aromatic carbocycles. The van der Waals surface area contributed by atoms with Gasteiger partial charge in [-0.1, -0.05) is 58.4 Å². The minimum atomic E-state index is -1.01. The minimum absolute atomic E-state index is 0.276. The predicted octanol–water partition coefficient (Wildman–Crippen LogP) is 4.93. The number of hydrogen-bond acceptors (Lipinski definition) is 3. The third kappa shape index (κ3) is 4.60. The number of ether oxygens (including phenoxy) is 2. The summed E-state index contributed by atoms with van der Waals surface area (Å²) in [5, 5.41) is 0.839. The highest BCUT2D eigenvalue weighted by atomic mass is 79.9. The van der Waals surface area contributed by atoms with Gasteiger partial charge in [0, 0.05) is 11.2 Å². The number of rotatable bonds is 7. The monoisotopic (exact) mass is 390 g/mol. The molecule has 0 heterocycles. The van der Waals surface area contributed by atoms with Crippen molar-refractivity contribution >= 4 is 21.9 Å². The van der Waals surface area contributed by atoms with Gasteiger partial charge in [0.25, 0.3) is 0 Å². The first-order valence-electron chi connectivity index (χ1n) is 8.05. The van der Waals surface area contributed by atoms with E-state index < -0.39 is 5.60 Å². The summed E-state index contributed by atoms with van der Waals surface area (Å²) in [6, 6.07) is 18.2. The van der Waals surface area contributed by atoms with E-state index in [9.17, 15) is 4.79 Å². The van der Waals surface area contributed by atoms with Gasteiger partial charge in [0.15, 0.2) is 5.60 Å². The molecule has 0 amide bonds. The highest BCUT2D eigenvalue weighted by Gasteiger charge is 2.31. The number of esters is 1. The van der Waals surface area contributed by atoms with Crippen LogP contribution in [0.25, 0.3) is 0 Å². The molecule has 4 heteroatoms. The summed E-state index contributed by atoms with van der Waals surface area (Å²) in [6.45, 7) is 5.55. The number of halogens is 1. The Kier molecular flexibility index (Phi) is 6.44. The Bertz CT molecular complexity index is 650. The molecule has 128 valence electrons. The molecule has 2 aromatic rings. The first-order valence-corrected chi connectivity index (χ1v) is 9.17. The van der Waals surface area contributed by atoms with E-state index in [2.05, 4.69) is 28.1 Å². The molecule has 0 saturated heterocycles. The Morgan fingerprint density at radius 1 is 1.04 bits per heavy atom. The fraction of sp³-hybridized carbons (Fsp3) is 0.350. The van der Waals surface area contributed by atoms with Gasteiger partial charge in [-0.3, -0.25) is 0 Å². The van der Waals surface area contributed by atoms with Gasteiger partial charge in [-0.15, -0.1) is 0 Å². The van der Waals surface area contributed by atoms with Crippen molar-refractivity contribution in [2.75, 3.05) is 11.9 Å². The maximum absolute atomic E-state index is 11.9. The molecule has 0 aliphatic heterocycles. The molecule has 0 N–H and O–H groups in total. The molecule has 1 unspecified atom stereocenters. The third-order valence-corrected chi connectivity index (χ3v) is 4.43. The topological polar surface area (TPSA) is 35.5 Å². The average Bonchev–Trinajstić information content (AvgIpc) is 2.58. The van der Waals surface area contributed by atoms with E-state index in [-0.39, 0.29) is 11.9 Å². The smallest absolute Gasteiger partial charge is 0.349 e. The number of benzene rings is 2. The summed E-state index contributed by atoms with van der Waals surface area (Å²) < 4.78 is 10.8. The van der Waals surface area contributed by atoms with Crippen LogP contribution < -0.4 is 4.74 Å². The highest BCUT2D eigenvalue weighted by Crippen LogP contribution is 2.29. The molecule has 0 saturated carbocycles. The van der Waals surface area contributed by atoms with Crippen molar-refractivity contribution in [2.45, 2.75) is 32.3 Å². The Balaban J connectivity index is 2.14.